The van der Waals surface area contributed by atoms with Crippen LogP contribution in [-0.4, -0.2) is 14.9 Å². The predicted octanol–water partition coefficient (Wildman–Crippen LogP) is 4.07. The topological polar surface area (TPSA) is 47.3 Å². The Balaban J connectivity index is 2.28. The zero-order valence-electron chi connectivity index (χ0n) is 11.2. The average Bonchev–Trinajstić information content (AvgIpc) is 2.77. The zero-order valence-corrected chi connectivity index (χ0v) is 12.8. The third-order valence-electron chi connectivity index (χ3n) is 2.76. The summed E-state index contributed by atoms with van der Waals surface area (Å²) in [6.07, 6.45) is 2.94. The summed E-state index contributed by atoms with van der Waals surface area (Å²) in [6.45, 7) is 5.82. The van der Waals surface area contributed by atoms with Gasteiger partial charge in [0.15, 0.2) is 5.75 Å². The van der Waals surface area contributed by atoms with Gasteiger partial charge >= 0.3 is 0 Å². The minimum Gasteiger partial charge on any atom is -0.454 e. The first-order valence-electron chi connectivity index (χ1n) is 6.17. The Bertz CT molecular complexity index is 564. The molecule has 0 amide bonds. The van der Waals surface area contributed by atoms with Gasteiger partial charge in [0.05, 0.1) is 18.5 Å². The van der Waals surface area contributed by atoms with E-state index in [1.807, 2.05) is 29.1 Å². The highest BCUT2D eigenvalue weighted by Gasteiger charge is 2.12. The maximum Gasteiger partial charge on any atom is 0.165 e. The van der Waals surface area contributed by atoms with E-state index in [-0.39, 0.29) is 6.04 Å². The molecule has 0 aliphatic rings. The molecule has 4 nitrogen and oxygen atoms in total. The van der Waals surface area contributed by atoms with E-state index in [4.69, 9.17) is 4.74 Å². The van der Waals surface area contributed by atoms with Gasteiger partial charge in [0, 0.05) is 16.1 Å². The van der Waals surface area contributed by atoms with E-state index in [9.17, 15) is 5.11 Å². The Labute approximate surface area is 121 Å². The summed E-state index contributed by atoms with van der Waals surface area (Å²) in [5.74, 6) is 1.29. The lowest BCUT2D eigenvalue weighted by Gasteiger charge is -2.12. The summed E-state index contributed by atoms with van der Waals surface area (Å²) in [5, 5.41) is 14.0. The van der Waals surface area contributed by atoms with Crippen molar-refractivity contribution >= 4 is 15.9 Å². The molecule has 0 fully saturated rings. The van der Waals surface area contributed by atoms with Crippen LogP contribution < -0.4 is 4.74 Å². The molecule has 0 aliphatic carbocycles. The monoisotopic (exact) mass is 324 g/mol. The number of benzene rings is 1. The van der Waals surface area contributed by atoms with Gasteiger partial charge in [-0.3, -0.25) is 4.68 Å². The Morgan fingerprint density at radius 3 is 2.63 bits per heavy atom. The van der Waals surface area contributed by atoms with Gasteiger partial charge in [0.25, 0.3) is 0 Å². The van der Waals surface area contributed by atoms with Crippen molar-refractivity contribution in [1.82, 2.24) is 9.78 Å². The first kappa shape index (κ1) is 14.1. The van der Waals surface area contributed by atoms with Gasteiger partial charge < -0.3 is 9.84 Å². The van der Waals surface area contributed by atoms with Crippen LogP contribution in [0.2, 0.25) is 0 Å². The molecule has 1 N–H and O–H groups in total. The van der Waals surface area contributed by atoms with Crippen LogP contribution in [0.3, 0.4) is 0 Å². The number of aliphatic hydroxyl groups excluding tert-OH is 1. The van der Waals surface area contributed by atoms with Gasteiger partial charge in [-0.25, -0.2) is 0 Å². The summed E-state index contributed by atoms with van der Waals surface area (Å²) in [5.41, 5.74) is 0.750. The van der Waals surface area contributed by atoms with Crippen LogP contribution in [0.25, 0.3) is 0 Å². The molecular formula is C14H17BrN2O2. The fourth-order valence-corrected chi connectivity index (χ4v) is 2.06. The van der Waals surface area contributed by atoms with E-state index in [0.717, 1.165) is 10.0 Å². The molecule has 1 aromatic carbocycles. The number of aromatic nitrogens is 2. The molecule has 0 radical (unpaired) electrons. The maximum atomic E-state index is 9.75. The largest absolute Gasteiger partial charge is 0.454 e. The average molecular weight is 325 g/mol. The summed E-state index contributed by atoms with van der Waals surface area (Å²) < 4.78 is 8.54. The highest BCUT2D eigenvalue weighted by Crippen LogP contribution is 2.32. The van der Waals surface area contributed by atoms with Gasteiger partial charge in [-0.1, -0.05) is 22.0 Å². The van der Waals surface area contributed by atoms with E-state index >= 15 is 0 Å². The van der Waals surface area contributed by atoms with Crippen LogP contribution in [-0.2, 0) is 0 Å². The normalized spacial score (nSPS) is 12.7. The van der Waals surface area contributed by atoms with Crippen molar-refractivity contribution in [2.45, 2.75) is 32.9 Å². The summed E-state index contributed by atoms with van der Waals surface area (Å²) in [6, 6.07) is 5.86. The van der Waals surface area contributed by atoms with Gasteiger partial charge in [-0.15, -0.1) is 0 Å². The number of hydrogen-bond donors (Lipinski definition) is 1. The molecule has 102 valence electrons. The van der Waals surface area contributed by atoms with Crippen LogP contribution in [0.4, 0.5) is 0 Å². The number of rotatable bonds is 4. The molecular weight excluding hydrogens is 308 g/mol. The van der Waals surface area contributed by atoms with Crippen LogP contribution >= 0.6 is 15.9 Å². The van der Waals surface area contributed by atoms with Gasteiger partial charge in [0.1, 0.15) is 5.75 Å². The SMILES string of the molecule is CC(O)c1ccc(Br)cc1Oc1cnn(C(C)C)c1. The lowest BCUT2D eigenvalue weighted by molar-refractivity contribution is 0.195. The second-order valence-corrected chi connectivity index (χ2v) is 5.63. The highest BCUT2D eigenvalue weighted by molar-refractivity contribution is 9.10. The second kappa shape index (κ2) is 5.75. The molecule has 5 heteroatoms. The van der Waals surface area contributed by atoms with E-state index in [2.05, 4.69) is 34.9 Å². The highest BCUT2D eigenvalue weighted by atomic mass is 79.9. The van der Waals surface area contributed by atoms with Crippen molar-refractivity contribution in [3.05, 3.63) is 40.6 Å². The number of ether oxygens (including phenoxy) is 1. The summed E-state index contributed by atoms with van der Waals surface area (Å²) >= 11 is 3.40. The standard InChI is InChI=1S/C14H17BrN2O2/c1-9(2)17-8-12(7-16-17)19-14-6-11(15)4-5-13(14)10(3)18/h4-10,18H,1-3H3. The smallest absolute Gasteiger partial charge is 0.165 e. The fraction of sp³-hybridized carbons (Fsp3) is 0.357. The van der Waals surface area contributed by atoms with Crippen molar-refractivity contribution in [3.63, 3.8) is 0 Å². The Hall–Kier alpha value is -1.33. The van der Waals surface area contributed by atoms with Gasteiger partial charge in [0.2, 0.25) is 0 Å². The minimum atomic E-state index is -0.580. The Morgan fingerprint density at radius 1 is 1.32 bits per heavy atom. The number of aliphatic hydroxyl groups is 1. The molecule has 1 heterocycles. The van der Waals surface area contributed by atoms with E-state index in [0.29, 0.717) is 11.5 Å². The molecule has 2 aromatic rings. The molecule has 0 spiro atoms. The molecule has 1 atom stereocenters. The van der Waals surface area contributed by atoms with Crippen LogP contribution in [0.15, 0.2) is 35.1 Å². The van der Waals surface area contributed by atoms with E-state index in [1.165, 1.54) is 0 Å². The third-order valence-corrected chi connectivity index (χ3v) is 3.25. The lowest BCUT2D eigenvalue weighted by Crippen LogP contribution is -2.00. The van der Waals surface area contributed by atoms with Crippen molar-refractivity contribution in [3.8, 4) is 11.5 Å². The number of hydrogen-bond acceptors (Lipinski definition) is 3. The van der Waals surface area contributed by atoms with Crippen LogP contribution in [0, 0.1) is 0 Å². The quantitative estimate of drug-likeness (QED) is 0.922. The van der Waals surface area contributed by atoms with Gasteiger partial charge in [-0.2, -0.15) is 5.10 Å². The maximum absolute atomic E-state index is 9.75. The molecule has 0 aliphatic heterocycles. The molecule has 2 rings (SSSR count). The molecule has 0 saturated carbocycles. The zero-order chi connectivity index (χ0) is 14.0. The van der Waals surface area contributed by atoms with E-state index in [1.54, 1.807) is 13.1 Å². The molecule has 0 bridgehead atoms. The third kappa shape index (κ3) is 3.36. The number of nitrogens with zero attached hydrogens (tertiary/aromatic N) is 2. The van der Waals surface area contributed by atoms with Crippen molar-refractivity contribution in [2.75, 3.05) is 0 Å². The first-order valence-corrected chi connectivity index (χ1v) is 6.96. The Morgan fingerprint density at radius 2 is 2.05 bits per heavy atom. The van der Waals surface area contributed by atoms with Crippen LogP contribution in [0.1, 0.15) is 38.5 Å². The fourth-order valence-electron chi connectivity index (χ4n) is 1.72. The predicted molar refractivity (Wildman–Crippen MR) is 77.5 cm³/mol. The Kier molecular flexibility index (Phi) is 4.27. The van der Waals surface area contributed by atoms with Crippen LogP contribution in [0.5, 0.6) is 11.5 Å². The number of halogens is 1. The van der Waals surface area contributed by atoms with Gasteiger partial charge in [-0.05, 0) is 32.9 Å². The summed E-state index contributed by atoms with van der Waals surface area (Å²) in [7, 11) is 0. The summed E-state index contributed by atoms with van der Waals surface area (Å²) in [4.78, 5) is 0. The molecule has 1 unspecified atom stereocenters. The molecule has 1 aromatic heterocycles. The van der Waals surface area contributed by atoms with E-state index < -0.39 is 6.10 Å². The van der Waals surface area contributed by atoms with Crippen molar-refractivity contribution in [2.24, 2.45) is 0 Å². The molecule has 19 heavy (non-hydrogen) atoms. The first-order chi connectivity index (χ1) is 8.97. The van der Waals surface area contributed by atoms with Crippen molar-refractivity contribution < 1.29 is 9.84 Å². The molecule has 0 saturated heterocycles. The lowest BCUT2D eigenvalue weighted by atomic mass is 10.1. The second-order valence-electron chi connectivity index (χ2n) is 4.71. The van der Waals surface area contributed by atoms with Crippen molar-refractivity contribution in [1.29, 1.82) is 0 Å². The minimum absolute atomic E-state index is 0.288.